The molecule has 4 heteroatoms. The molecule has 1 aromatic rings. The number of aryl methyl sites for hydroxylation is 1. The van der Waals surface area contributed by atoms with E-state index in [0.29, 0.717) is 18.2 Å². The first kappa shape index (κ1) is 13.9. The number of hydrogen-bond acceptors (Lipinski definition) is 3. The second-order valence-electron chi connectivity index (χ2n) is 5.29. The van der Waals surface area contributed by atoms with Crippen LogP contribution in [0, 0.1) is 12.8 Å². The van der Waals surface area contributed by atoms with Crippen LogP contribution in [0.2, 0.25) is 0 Å². The molecule has 4 nitrogen and oxygen atoms in total. The summed E-state index contributed by atoms with van der Waals surface area (Å²) in [7, 11) is 0. The minimum atomic E-state index is -0.124. The Morgan fingerprint density at radius 3 is 2.84 bits per heavy atom. The van der Waals surface area contributed by atoms with Crippen LogP contribution in [0.1, 0.15) is 31.2 Å². The lowest BCUT2D eigenvalue weighted by Gasteiger charge is -2.10. The van der Waals surface area contributed by atoms with E-state index < -0.39 is 0 Å². The van der Waals surface area contributed by atoms with Gasteiger partial charge in [-0.1, -0.05) is 18.9 Å². The maximum atomic E-state index is 11.7. The van der Waals surface area contributed by atoms with Crippen LogP contribution in [-0.2, 0) is 9.53 Å². The number of nitrogens with one attached hydrogen (secondary N) is 1. The fraction of sp³-hybridized carbons (Fsp3) is 0.533. The van der Waals surface area contributed by atoms with Gasteiger partial charge in [0.15, 0.2) is 0 Å². The van der Waals surface area contributed by atoms with Gasteiger partial charge in [-0.15, -0.1) is 0 Å². The van der Waals surface area contributed by atoms with Crippen molar-refractivity contribution in [2.45, 2.75) is 32.6 Å². The molecule has 0 bridgehead atoms. The molecule has 1 aliphatic rings. The van der Waals surface area contributed by atoms with Gasteiger partial charge in [-0.25, -0.2) is 0 Å². The molecular weight excluding hydrogens is 240 g/mol. The first-order valence-electron chi connectivity index (χ1n) is 6.89. The molecule has 1 aromatic carbocycles. The predicted octanol–water partition coefficient (Wildman–Crippen LogP) is 2.72. The van der Waals surface area contributed by atoms with Crippen LogP contribution in [-0.4, -0.2) is 19.1 Å². The molecule has 104 valence electrons. The Bertz CT molecular complexity index is 440. The van der Waals surface area contributed by atoms with Crippen molar-refractivity contribution < 1.29 is 9.53 Å². The largest absolute Gasteiger partial charge is 0.398 e. The molecule has 0 aliphatic heterocycles. The lowest BCUT2D eigenvalue weighted by molar-refractivity contribution is -0.121. The third kappa shape index (κ3) is 4.24. The molecule has 1 amide bonds. The van der Waals surface area contributed by atoms with E-state index in [1.807, 2.05) is 19.1 Å². The van der Waals surface area contributed by atoms with Crippen molar-refractivity contribution in [3.05, 3.63) is 23.8 Å². The summed E-state index contributed by atoms with van der Waals surface area (Å²) in [5.74, 6) is 0.518. The number of anilines is 2. The highest BCUT2D eigenvalue weighted by atomic mass is 16.5. The van der Waals surface area contributed by atoms with Gasteiger partial charge in [0.25, 0.3) is 0 Å². The molecular formula is C15H22N2O2. The third-order valence-electron chi connectivity index (χ3n) is 3.62. The van der Waals surface area contributed by atoms with E-state index in [0.717, 1.165) is 11.3 Å². The molecule has 1 fully saturated rings. The Kier molecular flexibility index (Phi) is 4.80. The summed E-state index contributed by atoms with van der Waals surface area (Å²) in [6.45, 7) is 2.75. The van der Waals surface area contributed by atoms with Crippen molar-refractivity contribution in [2.24, 2.45) is 5.92 Å². The molecule has 0 aromatic heterocycles. The highest BCUT2D eigenvalue weighted by Crippen LogP contribution is 2.24. The summed E-state index contributed by atoms with van der Waals surface area (Å²) in [5, 5.41) is 2.79. The SMILES string of the molecule is Cc1ccc(NC(=O)COCC2CCCC2)cc1N. The molecule has 0 atom stereocenters. The Morgan fingerprint density at radius 2 is 2.16 bits per heavy atom. The summed E-state index contributed by atoms with van der Waals surface area (Å²) in [4.78, 5) is 11.7. The van der Waals surface area contributed by atoms with E-state index in [9.17, 15) is 4.79 Å². The van der Waals surface area contributed by atoms with Crippen LogP contribution in [0.4, 0.5) is 11.4 Å². The lowest BCUT2D eigenvalue weighted by Crippen LogP contribution is -2.20. The van der Waals surface area contributed by atoms with Gasteiger partial charge in [-0.2, -0.15) is 0 Å². The monoisotopic (exact) mass is 262 g/mol. The number of nitrogens with two attached hydrogens (primary N) is 1. The van der Waals surface area contributed by atoms with E-state index in [2.05, 4.69) is 5.32 Å². The average molecular weight is 262 g/mol. The molecule has 0 heterocycles. The Labute approximate surface area is 114 Å². The van der Waals surface area contributed by atoms with E-state index in [4.69, 9.17) is 10.5 Å². The summed E-state index contributed by atoms with van der Waals surface area (Å²) < 4.78 is 5.46. The standard InChI is InChI=1S/C15H22N2O2/c1-11-6-7-13(8-14(11)16)17-15(18)10-19-9-12-4-2-3-5-12/h6-8,12H,2-5,9-10,16H2,1H3,(H,17,18). The fourth-order valence-corrected chi connectivity index (χ4v) is 2.41. The number of benzene rings is 1. The van der Waals surface area contributed by atoms with Crippen LogP contribution in [0.25, 0.3) is 0 Å². The predicted molar refractivity (Wildman–Crippen MR) is 77.0 cm³/mol. The zero-order valence-electron chi connectivity index (χ0n) is 11.4. The Morgan fingerprint density at radius 1 is 1.42 bits per heavy atom. The highest BCUT2D eigenvalue weighted by Gasteiger charge is 2.15. The van der Waals surface area contributed by atoms with Crippen molar-refractivity contribution in [2.75, 3.05) is 24.3 Å². The first-order chi connectivity index (χ1) is 9.15. The highest BCUT2D eigenvalue weighted by molar-refractivity contribution is 5.92. The molecule has 2 rings (SSSR count). The van der Waals surface area contributed by atoms with Gasteiger partial charge < -0.3 is 15.8 Å². The van der Waals surface area contributed by atoms with Crippen LogP contribution >= 0.6 is 0 Å². The molecule has 1 aliphatic carbocycles. The second kappa shape index (κ2) is 6.57. The van der Waals surface area contributed by atoms with Gasteiger partial charge in [0.05, 0.1) is 6.61 Å². The van der Waals surface area contributed by atoms with Gasteiger partial charge in [0.2, 0.25) is 5.91 Å². The number of hydrogen-bond donors (Lipinski definition) is 2. The zero-order chi connectivity index (χ0) is 13.7. The minimum absolute atomic E-state index is 0.115. The van der Waals surface area contributed by atoms with Crippen molar-refractivity contribution in [3.63, 3.8) is 0 Å². The van der Waals surface area contributed by atoms with Crippen LogP contribution in [0.3, 0.4) is 0 Å². The second-order valence-corrected chi connectivity index (χ2v) is 5.29. The van der Waals surface area contributed by atoms with Crippen LogP contribution in [0.5, 0.6) is 0 Å². The number of carbonyl (C=O) groups is 1. The zero-order valence-corrected chi connectivity index (χ0v) is 11.4. The van der Waals surface area contributed by atoms with Crippen molar-refractivity contribution in [3.8, 4) is 0 Å². The van der Waals surface area contributed by atoms with Crippen LogP contribution < -0.4 is 11.1 Å². The number of rotatable bonds is 5. The first-order valence-corrected chi connectivity index (χ1v) is 6.89. The quantitative estimate of drug-likeness (QED) is 0.802. The van der Waals surface area contributed by atoms with E-state index >= 15 is 0 Å². The number of amides is 1. The van der Waals surface area contributed by atoms with E-state index in [1.165, 1.54) is 25.7 Å². The van der Waals surface area contributed by atoms with Gasteiger partial charge in [0, 0.05) is 11.4 Å². The fourth-order valence-electron chi connectivity index (χ4n) is 2.41. The molecule has 3 N–H and O–H groups in total. The molecule has 0 spiro atoms. The van der Waals surface area contributed by atoms with Crippen molar-refractivity contribution >= 4 is 17.3 Å². The van der Waals surface area contributed by atoms with Gasteiger partial charge in [-0.05, 0) is 43.4 Å². The van der Waals surface area contributed by atoms with Crippen molar-refractivity contribution in [1.82, 2.24) is 0 Å². The average Bonchev–Trinajstić information content (AvgIpc) is 2.87. The maximum absolute atomic E-state index is 11.7. The molecule has 0 saturated heterocycles. The number of carbonyl (C=O) groups excluding carboxylic acids is 1. The third-order valence-corrected chi connectivity index (χ3v) is 3.62. The molecule has 0 radical (unpaired) electrons. The minimum Gasteiger partial charge on any atom is -0.398 e. The molecule has 19 heavy (non-hydrogen) atoms. The topological polar surface area (TPSA) is 64.3 Å². The van der Waals surface area contributed by atoms with E-state index in [-0.39, 0.29) is 12.5 Å². The van der Waals surface area contributed by atoms with Gasteiger partial charge in [-0.3, -0.25) is 4.79 Å². The lowest BCUT2D eigenvalue weighted by atomic mass is 10.1. The molecule has 1 saturated carbocycles. The maximum Gasteiger partial charge on any atom is 0.250 e. The summed E-state index contributed by atoms with van der Waals surface area (Å²) >= 11 is 0. The number of nitrogen functional groups attached to an aromatic ring is 1. The summed E-state index contributed by atoms with van der Waals surface area (Å²) in [6, 6.07) is 5.51. The summed E-state index contributed by atoms with van der Waals surface area (Å²) in [6.07, 6.45) is 5.05. The Balaban J connectivity index is 1.72. The smallest absolute Gasteiger partial charge is 0.250 e. The van der Waals surface area contributed by atoms with Crippen molar-refractivity contribution in [1.29, 1.82) is 0 Å². The normalized spacial score (nSPS) is 15.6. The van der Waals surface area contributed by atoms with Gasteiger partial charge in [0.1, 0.15) is 6.61 Å². The number of ether oxygens (including phenoxy) is 1. The summed E-state index contributed by atoms with van der Waals surface area (Å²) in [5.41, 5.74) is 8.21. The molecule has 0 unspecified atom stereocenters. The van der Waals surface area contributed by atoms with Gasteiger partial charge >= 0.3 is 0 Å². The van der Waals surface area contributed by atoms with E-state index in [1.54, 1.807) is 6.07 Å². The Hall–Kier alpha value is -1.55. The van der Waals surface area contributed by atoms with Crippen LogP contribution in [0.15, 0.2) is 18.2 Å².